The monoisotopic (exact) mass is 445 g/mol. The van der Waals surface area contributed by atoms with E-state index in [-0.39, 0.29) is 11.8 Å². The Hall–Kier alpha value is -3.58. The number of fused-ring (bicyclic) bond motifs is 1. The van der Waals surface area contributed by atoms with Crippen LogP contribution in [0.2, 0.25) is 0 Å². The molecule has 170 valence electrons. The van der Waals surface area contributed by atoms with Crippen molar-refractivity contribution in [3.63, 3.8) is 0 Å². The van der Waals surface area contributed by atoms with E-state index in [1.165, 1.54) is 11.3 Å². The van der Waals surface area contributed by atoms with Crippen LogP contribution < -0.4 is 10.2 Å². The number of hydrogen-bond acceptors (Lipinski definition) is 5. The first-order chi connectivity index (χ1) is 16.1. The lowest BCUT2D eigenvalue weighted by Crippen LogP contribution is -2.40. The van der Waals surface area contributed by atoms with E-state index < -0.39 is 0 Å². The van der Waals surface area contributed by atoms with Gasteiger partial charge in [-0.1, -0.05) is 24.3 Å². The lowest BCUT2D eigenvalue weighted by atomic mass is 10.1. The van der Waals surface area contributed by atoms with E-state index in [0.29, 0.717) is 61.5 Å². The van der Waals surface area contributed by atoms with Gasteiger partial charge in [-0.2, -0.15) is 0 Å². The maximum absolute atomic E-state index is 13.1. The molecule has 1 atom stereocenters. The van der Waals surface area contributed by atoms with E-state index in [0.717, 1.165) is 6.42 Å². The van der Waals surface area contributed by atoms with Crippen LogP contribution in [0.5, 0.6) is 0 Å². The minimum absolute atomic E-state index is 0.0555. The van der Waals surface area contributed by atoms with Crippen molar-refractivity contribution in [1.82, 2.24) is 4.90 Å². The fraction of sp³-hybridized carbons (Fsp3) is 0.308. The highest BCUT2D eigenvalue weighted by molar-refractivity contribution is 6.05. The molecule has 1 fully saturated rings. The fourth-order valence-electron chi connectivity index (χ4n) is 4.57. The number of morpholine rings is 1. The maximum Gasteiger partial charge on any atom is 0.259 e. The van der Waals surface area contributed by atoms with Gasteiger partial charge in [0.25, 0.3) is 11.8 Å². The van der Waals surface area contributed by atoms with Crippen molar-refractivity contribution in [2.75, 3.05) is 36.5 Å². The fourth-order valence-corrected chi connectivity index (χ4v) is 4.57. The van der Waals surface area contributed by atoms with E-state index in [9.17, 15) is 9.59 Å². The van der Waals surface area contributed by atoms with E-state index in [4.69, 9.17) is 9.15 Å². The first-order valence-corrected chi connectivity index (χ1v) is 11.3. The Morgan fingerprint density at radius 1 is 1.06 bits per heavy atom. The average Bonchev–Trinajstić information content (AvgIpc) is 3.44. The van der Waals surface area contributed by atoms with Crippen molar-refractivity contribution in [2.45, 2.75) is 25.9 Å². The van der Waals surface area contributed by atoms with Gasteiger partial charge in [0, 0.05) is 36.1 Å². The molecule has 33 heavy (non-hydrogen) atoms. The van der Waals surface area contributed by atoms with Crippen molar-refractivity contribution in [3.8, 4) is 0 Å². The molecule has 0 radical (unpaired) electrons. The third kappa shape index (κ3) is 4.36. The molecule has 1 N–H and O–H groups in total. The van der Waals surface area contributed by atoms with Crippen molar-refractivity contribution < 1.29 is 18.7 Å². The number of para-hydroxylation sites is 1. The Morgan fingerprint density at radius 3 is 2.73 bits per heavy atom. The summed E-state index contributed by atoms with van der Waals surface area (Å²) in [5.41, 5.74) is 4.11. The van der Waals surface area contributed by atoms with Crippen LogP contribution in [0, 0.1) is 0 Å². The van der Waals surface area contributed by atoms with Gasteiger partial charge in [-0.15, -0.1) is 0 Å². The van der Waals surface area contributed by atoms with Gasteiger partial charge in [-0.3, -0.25) is 9.59 Å². The summed E-state index contributed by atoms with van der Waals surface area (Å²) < 4.78 is 11.0. The van der Waals surface area contributed by atoms with Crippen LogP contribution in [0.15, 0.2) is 65.3 Å². The van der Waals surface area contributed by atoms with Crippen LogP contribution in [-0.2, 0) is 17.7 Å². The number of furan rings is 1. The minimum atomic E-state index is -0.255. The predicted molar refractivity (Wildman–Crippen MR) is 126 cm³/mol. The Balaban J connectivity index is 1.30. The second-order valence-electron chi connectivity index (χ2n) is 8.51. The van der Waals surface area contributed by atoms with Crippen molar-refractivity contribution in [3.05, 3.63) is 83.3 Å². The average molecular weight is 446 g/mol. The molecule has 7 nitrogen and oxygen atoms in total. The summed E-state index contributed by atoms with van der Waals surface area (Å²) in [6.07, 6.45) is 2.53. The Morgan fingerprint density at radius 2 is 1.88 bits per heavy atom. The number of rotatable bonds is 5. The summed E-state index contributed by atoms with van der Waals surface area (Å²) >= 11 is 0. The Kier molecular flexibility index (Phi) is 5.88. The molecule has 0 bridgehead atoms. The van der Waals surface area contributed by atoms with Crippen molar-refractivity contribution in [2.24, 2.45) is 0 Å². The molecule has 3 aromatic rings. The topological polar surface area (TPSA) is 75.0 Å². The summed E-state index contributed by atoms with van der Waals surface area (Å²) in [6, 6.07) is 17.4. The molecule has 5 rings (SSSR count). The van der Waals surface area contributed by atoms with Gasteiger partial charge >= 0.3 is 0 Å². The number of carbonyl (C=O) groups excluding carboxylic acids is 2. The lowest BCUT2D eigenvalue weighted by molar-refractivity contribution is 0.0303. The van der Waals surface area contributed by atoms with Gasteiger partial charge in [0.1, 0.15) is 5.76 Å². The summed E-state index contributed by atoms with van der Waals surface area (Å²) in [4.78, 5) is 29.9. The quantitative estimate of drug-likeness (QED) is 0.644. The number of carbonyl (C=O) groups is 2. The number of nitrogens with zero attached hydrogens (tertiary/aromatic N) is 2. The molecule has 1 saturated heterocycles. The molecule has 0 spiro atoms. The standard InChI is InChI=1S/C26H27N3O4/c1-18-15-19-5-2-3-8-23(19)29(18)17-24-22(9-12-33-24)25(30)27-21-7-4-6-20(16-21)26(31)28-10-13-32-14-11-28/h2-9,12,16,18H,10-11,13-15,17H2,1H3,(H,27,30). The number of anilines is 2. The van der Waals surface area contributed by atoms with Crippen LogP contribution in [-0.4, -0.2) is 49.1 Å². The number of hydrogen-bond donors (Lipinski definition) is 1. The van der Waals surface area contributed by atoms with E-state index >= 15 is 0 Å². The van der Waals surface area contributed by atoms with Crippen molar-refractivity contribution >= 4 is 23.2 Å². The second kappa shape index (κ2) is 9.11. The van der Waals surface area contributed by atoms with Crippen LogP contribution >= 0.6 is 0 Å². The van der Waals surface area contributed by atoms with Crippen molar-refractivity contribution in [1.29, 1.82) is 0 Å². The van der Waals surface area contributed by atoms with Crippen LogP contribution in [0.1, 0.15) is 39.0 Å². The van der Waals surface area contributed by atoms with Gasteiger partial charge in [-0.25, -0.2) is 0 Å². The van der Waals surface area contributed by atoms with Crippen LogP contribution in [0.25, 0.3) is 0 Å². The summed E-state index contributed by atoms with van der Waals surface area (Å²) in [6.45, 7) is 4.94. The molecule has 2 aliphatic heterocycles. The highest BCUT2D eigenvalue weighted by Crippen LogP contribution is 2.33. The zero-order chi connectivity index (χ0) is 22.8. The van der Waals surface area contributed by atoms with Crippen LogP contribution in [0.3, 0.4) is 0 Å². The second-order valence-corrected chi connectivity index (χ2v) is 8.51. The number of amides is 2. The van der Waals surface area contributed by atoms with E-state index in [2.05, 4.69) is 35.3 Å². The Labute approximate surface area is 192 Å². The zero-order valence-corrected chi connectivity index (χ0v) is 18.6. The summed E-state index contributed by atoms with van der Waals surface area (Å²) in [7, 11) is 0. The molecule has 1 unspecified atom stereocenters. The minimum Gasteiger partial charge on any atom is -0.467 e. The third-order valence-corrected chi connectivity index (χ3v) is 6.32. The SMILES string of the molecule is CC1Cc2ccccc2N1Cc1occc1C(=O)Nc1cccc(C(=O)N2CCOCC2)c1. The first kappa shape index (κ1) is 21.3. The maximum atomic E-state index is 13.1. The molecular weight excluding hydrogens is 418 g/mol. The largest absolute Gasteiger partial charge is 0.467 e. The molecule has 0 aliphatic carbocycles. The molecule has 2 aliphatic rings. The molecule has 2 aromatic carbocycles. The molecule has 1 aromatic heterocycles. The number of benzene rings is 2. The molecule has 3 heterocycles. The van der Waals surface area contributed by atoms with Gasteiger partial charge in [0.05, 0.1) is 31.6 Å². The summed E-state index contributed by atoms with van der Waals surface area (Å²) in [5.74, 6) is 0.312. The smallest absolute Gasteiger partial charge is 0.259 e. The lowest BCUT2D eigenvalue weighted by Gasteiger charge is -2.27. The molecular formula is C26H27N3O4. The van der Waals surface area contributed by atoms with Gasteiger partial charge in [0.2, 0.25) is 0 Å². The first-order valence-electron chi connectivity index (χ1n) is 11.3. The molecule has 2 amide bonds. The summed E-state index contributed by atoms with van der Waals surface area (Å²) in [5, 5.41) is 2.93. The third-order valence-electron chi connectivity index (χ3n) is 6.32. The predicted octanol–water partition coefficient (Wildman–Crippen LogP) is 3.96. The highest BCUT2D eigenvalue weighted by Gasteiger charge is 2.28. The molecule has 0 saturated carbocycles. The van der Waals surface area contributed by atoms with Gasteiger partial charge < -0.3 is 24.3 Å². The van der Waals surface area contributed by atoms with Gasteiger partial charge in [-0.05, 0) is 49.2 Å². The highest BCUT2D eigenvalue weighted by atomic mass is 16.5. The van der Waals surface area contributed by atoms with Crippen LogP contribution in [0.4, 0.5) is 11.4 Å². The zero-order valence-electron chi connectivity index (χ0n) is 18.6. The molecule has 7 heteroatoms. The van der Waals surface area contributed by atoms with E-state index in [1.54, 1.807) is 41.5 Å². The number of ether oxygens (including phenoxy) is 1. The van der Waals surface area contributed by atoms with Gasteiger partial charge in [0.15, 0.2) is 0 Å². The van der Waals surface area contributed by atoms with E-state index in [1.807, 2.05) is 6.07 Å². The number of nitrogens with one attached hydrogen (secondary N) is 1. The Bertz CT molecular complexity index is 1170. The normalized spacial score (nSPS) is 17.7.